The zero-order valence-corrected chi connectivity index (χ0v) is 9.64. The highest BCUT2D eigenvalue weighted by atomic mass is 14.7. The molecule has 0 heterocycles. The van der Waals surface area contributed by atoms with Gasteiger partial charge in [0, 0.05) is 5.71 Å². The Kier molecular flexibility index (Phi) is 3.16. The average Bonchev–Trinajstić information content (AvgIpc) is 2.33. The first-order valence-electron chi connectivity index (χ1n) is 5.43. The maximum Gasteiger partial charge on any atom is 0.0633 e. The van der Waals surface area contributed by atoms with Gasteiger partial charge in [0.15, 0.2) is 0 Å². The van der Waals surface area contributed by atoms with E-state index in [2.05, 4.69) is 36.2 Å². The predicted molar refractivity (Wildman–Crippen MR) is 69.5 cm³/mol. The first-order valence-corrected chi connectivity index (χ1v) is 5.43. The highest BCUT2D eigenvalue weighted by molar-refractivity contribution is 6.00. The van der Waals surface area contributed by atoms with Crippen LogP contribution >= 0.6 is 0 Å². The van der Waals surface area contributed by atoms with E-state index in [0.29, 0.717) is 0 Å². The molecule has 0 aromatic heterocycles. The van der Waals surface area contributed by atoms with Gasteiger partial charge < -0.3 is 0 Å². The molecule has 16 heavy (non-hydrogen) atoms. The largest absolute Gasteiger partial charge is 0.253 e. The second-order valence-corrected chi connectivity index (χ2v) is 3.90. The van der Waals surface area contributed by atoms with E-state index in [-0.39, 0.29) is 0 Å². The van der Waals surface area contributed by atoms with Gasteiger partial charge in [0.2, 0.25) is 0 Å². The second kappa shape index (κ2) is 4.75. The third-order valence-electron chi connectivity index (χ3n) is 2.52. The molecular weight excluding hydrogens is 194 g/mol. The third-order valence-corrected chi connectivity index (χ3v) is 2.52. The van der Waals surface area contributed by atoms with E-state index in [1.54, 1.807) is 0 Å². The molecule has 0 aliphatic heterocycles. The number of benzene rings is 2. The van der Waals surface area contributed by atoms with Gasteiger partial charge in [-0.25, -0.2) is 0 Å². The van der Waals surface area contributed by atoms with Gasteiger partial charge in [0.05, 0.1) is 5.69 Å². The van der Waals surface area contributed by atoms with Crippen molar-refractivity contribution in [3.8, 4) is 0 Å². The van der Waals surface area contributed by atoms with E-state index in [9.17, 15) is 0 Å². The Balaban J connectivity index is 2.28. The SMILES string of the molecule is C/C(=N\c1ccc(C)cc1)c1ccccc1. The Morgan fingerprint density at radius 3 is 2.12 bits per heavy atom. The summed E-state index contributed by atoms with van der Waals surface area (Å²) in [5, 5.41) is 0. The highest BCUT2D eigenvalue weighted by Crippen LogP contribution is 2.14. The van der Waals surface area contributed by atoms with Gasteiger partial charge in [-0.2, -0.15) is 0 Å². The standard InChI is InChI=1S/C15H15N/c1-12-8-10-15(11-9-12)16-13(2)14-6-4-3-5-7-14/h3-11H,1-2H3/b16-13+. The molecule has 0 aliphatic carbocycles. The number of nitrogens with zero attached hydrogens (tertiary/aromatic N) is 1. The minimum Gasteiger partial charge on any atom is -0.253 e. The lowest BCUT2D eigenvalue weighted by Gasteiger charge is -2.01. The average molecular weight is 209 g/mol. The van der Waals surface area contributed by atoms with E-state index in [0.717, 1.165) is 11.4 Å². The van der Waals surface area contributed by atoms with Gasteiger partial charge in [-0.3, -0.25) is 4.99 Å². The summed E-state index contributed by atoms with van der Waals surface area (Å²) in [6.07, 6.45) is 0. The van der Waals surface area contributed by atoms with Gasteiger partial charge in [0.1, 0.15) is 0 Å². The lowest BCUT2D eigenvalue weighted by molar-refractivity contribution is 1.42. The molecule has 0 fully saturated rings. The van der Waals surface area contributed by atoms with Crippen molar-refractivity contribution in [2.24, 2.45) is 4.99 Å². The van der Waals surface area contributed by atoms with Gasteiger partial charge in [0.25, 0.3) is 0 Å². The van der Waals surface area contributed by atoms with Crippen LogP contribution in [0.1, 0.15) is 18.1 Å². The fraction of sp³-hybridized carbons (Fsp3) is 0.133. The maximum absolute atomic E-state index is 4.59. The Bertz CT molecular complexity index is 481. The van der Waals surface area contributed by atoms with Crippen molar-refractivity contribution in [2.45, 2.75) is 13.8 Å². The molecule has 0 spiro atoms. The fourth-order valence-corrected chi connectivity index (χ4v) is 1.56. The summed E-state index contributed by atoms with van der Waals surface area (Å²) in [5.74, 6) is 0. The number of rotatable bonds is 2. The zero-order chi connectivity index (χ0) is 11.4. The molecule has 0 unspecified atom stereocenters. The Morgan fingerprint density at radius 1 is 0.875 bits per heavy atom. The molecule has 0 saturated heterocycles. The maximum atomic E-state index is 4.59. The van der Waals surface area contributed by atoms with E-state index in [1.807, 2.05) is 37.3 Å². The van der Waals surface area contributed by atoms with Crippen LogP contribution in [0.3, 0.4) is 0 Å². The second-order valence-electron chi connectivity index (χ2n) is 3.90. The molecule has 0 saturated carbocycles. The summed E-state index contributed by atoms with van der Waals surface area (Å²) in [7, 11) is 0. The number of aliphatic imine (C=N–C) groups is 1. The topological polar surface area (TPSA) is 12.4 Å². The highest BCUT2D eigenvalue weighted by Gasteiger charge is 1.96. The molecule has 2 rings (SSSR count). The Labute approximate surface area is 96.5 Å². The predicted octanol–water partition coefficient (Wildman–Crippen LogP) is 4.14. The van der Waals surface area contributed by atoms with Crippen LogP contribution in [0.2, 0.25) is 0 Å². The molecule has 0 N–H and O–H groups in total. The van der Waals surface area contributed by atoms with Crippen molar-refractivity contribution >= 4 is 11.4 Å². The molecule has 0 aliphatic rings. The monoisotopic (exact) mass is 209 g/mol. The van der Waals surface area contributed by atoms with E-state index in [1.165, 1.54) is 11.1 Å². The third kappa shape index (κ3) is 2.57. The van der Waals surface area contributed by atoms with E-state index < -0.39 is 0 Å². The zero-order valence-electron chi connectivity index (χ0n) is 9.64. The summed E-state index contributed by atoms with van der Waals surface area (Å²) in [4.78, 5) is 4.59. The van der Waals surface area contributed by atoms with Crippen molar-refractivity contribution in [3.63, 3.8) is 0 Å². The lowest BCUT2D eigenvalue weighted by Crippen LogP contribution is -1.92. The molecule has 0 bridgehead atoms. The van der Waals surface area contributed by atoms with Crippen molar-refractivity contribution in [1.29, 1.82) is 0 Å². The number of hydrogen-bond donors (Lipinski definition) is 0. The van der Waals surface area contributed by atoms with Crippen molar-refractivity contribution in [3.05, 3.63) is 65.7 Å². The molecule has 0 radical (unpaired) electrons. The Morgan fingerprint density at radius 2 is 1.50 bits per heavy atom. The summed E-state index contributed by atoms with van der Waals surface area (Å²) in [6, 6.07) is 18.5. The van der Waals surface area contributed by atoms with Crippen LogP contribution in [-0.2, 0) is 0 Å². The van der Waals surface area contributed by atoms with Crippen LogP contribution in [0.25, 0.3) is 0 Å². The molecular formula is C15H15N. The minimum atomic E-state index is 1.01. The number of hydrogen-bond acceptors (Lipinski definition) is 1. The van der Waals surface area contributed by atoms with Crippen molar-refractivity contribution < 1.29 is 0 Å². The quantitative estimate of drug-likeness (QED) is 0.659. The van der Waals surface area contributed by atoms with Gasteiger partial charge >= 0.3 is 0 Å². The van der Waals surface area contributed by atoms with Crippen LogP contribution in [0.4, 0.5) is 5.69 Å². The first-order chi connectivity index (χ1) is 7.75. The molecule has 1 heteroatoms. The van der Waals surface area contributed by atoms with Gasteiger partial charge in [-0.1, -0.05) is 48.0 Å². The molecule has 1 nitrogen and oxygen atoms in total. The normalized spacial score (nSPS) is 11.5. The minimum absolute atomic E-state index is 1.01. The molecule has 80 valence electrons. The lowest BCUT2D eigenvalue weighted by atomic mass is 10.1. The molecule has 0 atom stereocenters. The van der Waals surface area contributed by atoms with Crippen molar-refractivity contribution in [1.82, 2.24) is 0 Å². The summed E-state index contributed by atoms with van der Waals surface area (Å²) < 4.78 is 0. The number of aryl methyl sites for hydroxylation is 1. The van der Waals surface area contributed by atoms with Crippen LogP contribution < -0.4 is 0 Å². The Hall–Kier alpha value is -1.89. The fourth-order valence-electron chi connectivity index (χ4n) is 1.56. The van der Waals surface area contributed by atoms with Crippen LogP contribution in [0.5, 0.6) is 0 Å². The van der Waals surface area contributed by atoms with E-state index >= 15 is 0 Å². The first kappa shape index (κ1) is 10.6. The summed E-state index contributed by atoms with van der Waals surface area (Å²) in [5.41, 5.74) is 4.48. The van der Waals surface area contributed by atoms with E-state index in [4.69, 9.17) is 0 Å². The van der Waals surface area contributed by atoms with Crippen LogP contribution in [0.15, 0.2) is 59.6 Å². The van der Waals surface area contributed by atoms with Crippen LogP contribution in [-0.4, -0.2) is 5.71 Å². The molecule has 2 aromatic carbocycles. The molecule has 2 aromatic rings. The van der Waals surface area contributed by atoms with Crippen molar-refractivity contribution in [2.75, 3.05) is 0 Å². The summed E-state index contributed by atoms with van der Waals surface area (Å²) >= 11 is 0. The summed E-state index contributed by atoms with van der Waals surface area (Å²) in [6.45, 7) is 4.12. The van der Waals surface area contributed by atoms with Crippen LogP contribution in [0, 0.1) is 6.92 Å². The molecule has 0 amide bonds. The van der Waals surface area contributed by atoms with Gasteiger partial charge in [-0.15, -0.1) is 0 Å². The smallest absolute Gasteiger partial charge is 0.0633 e. The van der Waals surface area contributed by atoms with Gasteiger partial charge in [-0.05, 0) is 31.5 Å².